The Hall–Kier alpha value is -1.56. The number of hydrogen-bond acceptors (Lipinski definition) is 4. The Labute approximate surface area is 167 Å². The highest BCUT2D eigenvalue weighted by Gasteiger charge is 2.37. The molecule has 0 N–H and O–H groups in total. The first-order valence-electron chi connectivity index (χ1n) is 8.75. The van der Waals surface area contributed by atoms with E-state index < -0.39 is 0 Å². The van der Waals surface area contributed by atoms with E-state index >= 15 is 0 Å². The van der Waals surface area contributed by atoms with Gasteiger partial charge in [0.05, 0.1) is 4.91 Å². The summed E-state index contributed by atoms with van der Waals surface area (Å²) in [4.78, 5) is 15.3. The van der Waals surface area contributed by atoms with E-state index in [0.717, 1.165) is 24.2 Å². The van der Waals surface area contributed by atoms with Gasteiger partial charge >= 0.3 is 0 Å². The van der Waals surface area contributed by atoms with Crippen molar-refractivity contribution < 1.29 is 9.21 Å². The molecule has 0 bridgehead atoms. The molecule has 3 nitrogen and oxygen atoms in total. The van der Waals surface area contributed by atoms with Gasteiger partial charge in [-0.25, -0.2) is 0 Å². The highest BCUT2D eigenvalue weighted by molar-refractivity contribution is 8.26. The fraction of sp³-hybridized carbons (Fsp3) is 0.300. The third kappa shape index (κ3) is 3.61. The fourth-order valence-corrected chi connectivity index (χ4v) is 5.06. The molecule has 4 rings (SSSR count). The van der Waals surface area contributed by atoms with Crippen molar-refractivity contribution in [3.05, 3.63) is 52.1 Å². The molecule has 0 spiro atoms. The predicted octanol–water partition coefficient (Wildman–Crippen LogP) is 6.13. The zero-order valence-electron chi connectivity index (χ0n) is 14.1. The molecule has 1 aromatic heterocycles. The summed E-state index contributed by atoms with van der Waals surface area (Å²) in [5.74, 6) is 1.37. The SMILES string of the molecule is O=C1/C(=C/c2ccc(-c3cccc(Cl)c3)o2)SC(=S)N1C1CCCCC1. The van der Waals surface area contributed by atoms with Crippen LogP contribution in [0.1, 0.15) is 37.9 Å². The molecule has 1 aromatic carbocycles. The Morgan fingerprint density at radius 1 is 1.19 bits per heavy atom. The second-order valence-corrected chi connectivity index (χ2v) is 8.67. The molecule has 2 fully saturated rings. The Kier molecular flexibility index (Phi) is 5.20. The summed E-state index contributed by atoms with van der Waals surface area (Å²) in [5, 5.41) is 0.661. The molecule has 0 radical (unpaired) electrons. The van der Waals surface area contributed by atoms with Crippen molar-refractivity contribution in [1.29, 1.82) is 0 Å². The van der Waals surface area contributed by atoms with Gasteiger partial charge in [0.15, 0.2) is 0 Å². The molecular formula is C20H18ClNO2S2. The monoisotopic (exact) mass is 403 g/mol. The van der Waals surface area contributed by atoms with Crippen LogP contribution < -0.4 is 0 Å². The average Bonchev–Trinajstić information content (AvgIpc) is 3.21. The van der Waals surface area contributed by atoms with Crippen LogP contribution in [0, 0.1) is 0 Å². The smallest absolute Gasteiger partial charge is 0.266 e. The molecule has 0 atom stereocenters. The molecule has 6 heteroatoms. The van der Waals surface area contributed by atoms with Crippen molar-refractivity contribution >= 4 is 51.9 Å². The normalized spacial score (nSPS) is 20.3. The van der Waals surface area contributed by atoms with Crippen LogP contribution in [-0.4, -0.2) is 21.2 Å². The minimum absolute atomic E-state index is 0.00704. The van der Waals surface area contributed by atoms with Crippen molar-refractivity contribution in [1.82, 2.24) is 4.90 Å². The second kappa shape index (κ2) is 7.59. The first-order valence-corrected chi connectivity index (χ1v) is 10.3. The quantitative estimate of drug-likeness (QED) is 0.455. The molecule has 2 heterocycles. The maximum atomic E-state index is 12.8. The van der Waals surface area contributed by atoms with Crippen LogP contribution in [-0.2, 0) is 4.79 Å². The Bertz CT molecular complexity index is 883. The van der Waals surface area contributed by atoms with Gasteiger partial charge in [-0.15, -0.1) is 0 Å². The topological polar surface area (TPSA) is 33.5 Å². The summed E-state index contributed by atoms with van der Waals surface area (Å²) in [6, 6.07) is 11.5. The number of carbonyl (C=O) groups excluding carboxylic acids is 1. The van der Waals surface area contributed by atoms with E-state index in [1.54, 1.807) is 6.08 Å². The number of nitrogens with zero attached hydrogens (tertiary/aromatic N) is 1. The fourth-order valence-electron chi connectivity index (χ4n) is 3.49. The van der Waals surface area contributed by atoms with Crippen LogP contribution in [0.3, 0.4) is 0 Å². The average molecular weight is 404 g/mol. The van der Waals surface area contributed by atoms with E-state index in [2.05, 4.69) is 0 Å². The van der Waals surface area contributed by atoms with Gasteiger partial charge in [0.2, 0.25) is 0 Å². The van der Waals surface area contributed by atoms with Crippen molar-refractivity contribution in [2.75, 3.05) is 0 Å². The van der Waals surface area contributed by atoms with E-state index in [1.807, 2.05) is 41.3 Å². The lowest BCUT2D eigenvalue weighted by Crippen LogP contribution is -2.39. The Morgan fingerprint density at radius 3 is 2.77 bits per heavy atom. The Balaban J connectivity index is 1.55. The molecular weight excluding hydrogens is 386 g/mol. The number of benzene rings is 1. The van der Waals surface area contributed by atoms with Gasteiger partial charge in [-0.3, -0.25) is 9.69 Å². The van der Waals surface area contributed by atoms with Crippen molar-refractivity contribution in [2.24, 2.45) is 0 Å². The molecule has 2 aromatic rings. The number of hydrogen-bond donors (Lipinski definition) is 0. The van der Waals surface area contributed by atoms with E-state index in [0.29, 0.717) is 20.0 Å². The molecule has 134 valence electrons. The van der Waals surface area contributed by atoms with Gasteiger partial charge in [-0.1, -0.05) is 67.0 Å². The van der Waals surface area contributed by atoms with Crippen LogP contribution in [0.4, 0.5) is 0 Å². The van der Waals surface area contributed by atoms with Crippen LogP contribution in [0.2, 0.25) is 5.02 Å². The van der Waals surface area contributed by atoms with Crippen molar-refractivity contribution in [3.8, 4) is 11.3 Å². The van der Waals surface area contributed by atoms with Crippen LogP contribution in [0.5, 0.6) is 0 Å². The first kappa shape index (κ1) is 17.8. The van der Waals surface area contributed by atoms with Gasteiger partial charge in [0.1, 0.15) is 15.8 Å². The lowest BCUT2D eigenvalue weighted by atomic mass is 9.94. The number of furan rings is 1. The van der Waals surface area contributed by atoms with Crippen molar-refractivity contribution in [2.45, 2.75) is 38.1 Å². The molecule has 1 saturated heterocycles. The summed E-state index contributed by atoms with van der Waals surface area (Å²) in [6.45, 7) is 0. The largest absolute Gasteiger partial charge is 0.457 e. The highest BCUT2D eigenvalue weighted by Crippen LogP contribution is 2.37. The van der Waals surface area contributed by atoms with Gasteiger partial charge < -0.3 is 4.42 Å². The summed E-state index contributed by atoms with van der Waals surface area (Å²) < 4.78 is 6.55. The third-order valence-corrected chi connectivity index (χ3v) is 6.34. The van der Waals surface area contributed by atoms with Crippen LogP contribution in [0.15, 0.2) is 45.7 Å². The lowest BCUT2D eigenvalue weighted by Gasteiger charge is -2.29. The zero-order valence-corrected chi connectivity index (χ0v) is 16.5. The number of thiocarbonyl (C=S) groups is 1. The maximum absolute atomic E-state index is 12.8. The lowest BCUT2D eigenvalue weighted by molar-refractivity contribution is -0.124. The standard InChI is InChI=1S/C20H18ClNO2S2/c21-14-6-4-5-13(11-14)17-10-9-16(24-17)12-18-19(23)22(20(25)26-18)15-7-2-1-3-8-15/h4-6,9-12,15H,1-3,7-8H2/b18-12-. The van der Waals surface area contributed by atoms with E-state index in [9.17, 15) is 4.79 Å². The molecule has 0 unspecified atom stereocenters. The number of thioether (sulfide) groups is 1. The number of amides is 1. The van der Waals surface area contributed by atoms with Gasteiger partial charge in [-0.05, 0) is 37.1 Å². The summed E-state index contributed by atoms with van der Waals surface area (Å²) in [7, 11) is 0. The second-order valence-electron chi connectivity index (χ2n) is 6.56. The Morgan fingerprint density at radius 2 is 2.00 bits per heavy atom. The highest BCUT2D eigenvalue weighted by atomic mass is 35.5. The number of halogens is 1. The summed E-state index contributed by atoms with van der Waals surface area (Å²) in [6.07, 6.45) is 7.46. The molecule has 26 heavy (non-hydrogen) atoms. The number of carbonyl (C=O) groups is 1. The summed E-state index contributed by atoms with van der Waals surface area (Å²) >= 11 is 12.9. The first-order chi connectivity index (χ1) is 12.6. The molecule has 1 saturated carbocycles. The van der Waals surface area contributed by atoms with E-state index in [1.165, 1.54) is 31.0 Å². The van der Waals surface area contributed by atoms with Crippen LogP contribution >= 0.6 is 35.6 Å². The van der Waals surface area contributed by atoms with Gasteiger partial charge in [0, 0.05) is 22.7 Å². The van der Waals surface area contributed by atoms with Crippen LogP contribution in [0.25, 0.3) is 17.4 Å². The number of rotatable bonds is 3. The van der Waals surface area contributed by atoms with E-state index in [4.69, 9.17) is 28.2 Å². The molecule has 1 amide bonds. The molecule has 2 aliphatic rings. The maximum Gasteiger partial charge on any atom is 0.266 e. The predicted molar refractivity (Wildman–Crippen MR) is 111 cm³/mol. The van der Waals surface area contributed by atoms with E-state index in [-0.39, 0.29) is 11.9 Å². The summed E-state index contributed by atoms with van der Waals surface area (Å²) in [5.41, 5.74) is 0.909. The van der Waals surface area contributed by atoms with Gasteiger partial charge in [0.25, 0.3) is 5.91 Å². The van der Waals surface area contributed by atoms with Gasteiger partial charge in [-0.2, -0.15) is 0 Å². The minimum Gasteiger partial charge on any atom is -0.457 e. The zero-order chi connectivity index (χ0) is 18.1. The molecule has 1 aliphatic heterocycles. The molecule has 1 aliphatic carbocycles. The third-order valence-electron chi connectivity index (χ3n) is 4.77. The minimum atomic E-state index is 0.00704. The van der Waals surface area contributed by atoms with Crippen molar-refractivity contribution in [3.63, 3.8) is 0 Å².